The first-order valence-electron chi connectivity index (χ1n) is 7.06. The Morgan fingerprint density at radius 2 is 1.79 bits per heavy atom. The number of carbonyl (C=O) groups excluding carboxylic acids is 1. The molecular weight excluding hydrogens is 241 g/mol. The van der Waals surface area contributed by atoms with Crippen LogP contribution in [0.2, 0.25) is 0 Å². The molecule has 0 aromatic heterocycles. The van der Waals surface area contributed by atoms with Crippen LogP contribution in [0.15, 0.2) is 24.3 Å². The summed E-state index contributed by atoms with van der Waals surface area (Å²) in [7, 11) is 1.90. The third-order valence-corrected chi connectivity index (χ3v) is 4.20. The van der Waals surface area contributed by atoms with Crippen molar-refractivity contribution < 1.29 is 9.18 Å². The molecular formula is C16H22FNO. The summed E-state index contributed by atoms with van der Waals surface area (Å²) >= 11 is 0. The van der Waals surface area contributed by atoms with Crippen molar-refractivity contribution in [3.8, 4) is 0 Å². The summed E-state index contributed by atoms with van der Waals surface area (Å²) in [5.41, 5.74) is 0.877. The van der Waals surface area contributed by atoms with Crippen molar-refractivity contribution in [3.63, 3.8) is 0 Å². The normalized spacial score (nSPS) is 23.1. The zero-order valence-corrected chi connectivity index (χ0v) is 11.7. The third kappa shape index (κ3) is 3.79. The van der Waals surface area contributed by atoms with E-state index in [1.165, 1.54) is 25.0 Å². The van der Waals surface area contributed by atoms with Crippen molar-refractivity contribution in [1.82, 2.24) is 4.90 Å². The van der Waals surface area contributed by atoms with Crippen LogP contribution in [0, 0.1) is 11.7 Å². The molecule has 1 saturated carbocycles. The Balaban J connectivity index is 1.90. The molecule has 2 rings (SSSR count). The van der Waals surface area contributed by atoms with Crippen LogP contribution in [0.4, 0.5) is 4.39 Å². The van der Waals surface area contributed by atoms with Gasteiger partial charge in [-0.25, -0.2) is 4.39 Å². The molecule has 1 aromatic rings. The number of likely N-dealkylation sites (N-methyl/N-ethyl adjacent to an activating group) is 1. The maximum Gasteiger partial charge on any atom is 0.226 e. The van der Waals surface area contributed by atoms with E-state index in [0.29, 0.717) is 12.5 Å². The molecule has 0 saturated heterocycles. The van der Waals surface area contributed by atoms with Gasteiger partial charge in [0, 0.05) is 13.1 Å². The predicted molar refractivity (Wildman–Crippen MR) is 74.3 cm³/mol. The van der Waals surface area contributed by atoms with Gasteiger partial charge in [-0.15, -0.1) is 0 Å². The lowest BCUT2D eigenvalue weighted by atomic mass is 9.86. The van der Waals surface area contributed by atoms with Gasteiger partial charge < -0.3 is 4.90 Å². The van der Waals surface area contributed by atoms with Crippen LogP contribution in [-0.4, -0.2) is 23.9 Å². The Kier molecular flexibility index (Phi) is 4.56. The summed E-state index contributed by atoms with van der Waals surface area (Å²) in [6, 6.07) is 6.56. The number of carbonyl (C=O) groups is 1. The van der Waals surface area contributed by atoms with Crippen LogP contribution < -0.4 is 0 Å². The highest BCUT2D eigenvalue weighted by Gasteiger charge is 2.24. The van der Waals surface area contributed by atoms with Gasteiger partial charge in [0.2, 0.25) is 5.91 Å². The fourth-order valence-electron chi connectivity index (χ4n) is 2.73. The average Bonchev–Trinajstić information content (AvgIpc) is 2.41. The molecule has 1 aliphatic carbocycles. The fourth-order valence-corrected chi connectivity index (χ4v) is 2.73. The van der Waals surface area contributed by atoms with E-state index in [2.05, 4.69) is 6.92 Å². The molecule has 1 fully saturated rings. The van der Waals surface area contributed by atoms with Crippen molar-refractivity contribution in [1.29, 1.82) is 0 Å². The molecule has 104 valence electrons. The Labute approximate surface area is 114 Å². The molecule has 2 nitrogen and oxygen atoms in total. The minimum absolute atomic E-state index is 0.131. The summed E-state index contributed by atoms with van der Waals surface area (Å²) in [6.07, 6.45) is 4.99. The first-order chi connectivity index (χ1) is 9.06. The van der Waals surface area contributed by atoms with Gasteiger partial charge in [0.1, 0.15) is 5.82 Å². The molecule has 3 heteroatoms. The lowest BCUT2D eigenvalue weighted by molar-refractivity contribution is -0.132. The molecule has 0 aliphatic heterocycles. The summed E-state index contributed by atoms with van der Waals surface area (Å²) in [5, 5.41) is 0. The second-order valence-electron chi connectivity index (χ2n) is 5.72. The number of amides is 1. The van der Waals surface area contributed by atoms with Crippen LogP contribution >= 0.6 is 0 Å². The highest BCUT2D eigenvalue weighted by Crippen LogP contribution is 2.26. The van der Waals surface area contributed by atoms with E-state index in [-0.39, 0.29) is 11.7 Å². The van der Waals surface area contributed by atoms with Crippen molar-refractivity contribution in [3.05, 3.63) is 35.6 Å². The molecule has 0 heterocycles. The van der Waals surface area contributed by atoms with Gasteiger partial charge in [-0.1, -0.05) is 19.1 Å². The van der Waals surface area contributed by atoms with Gasteiger partial charge >= 0.3 is 0 Å². The Bertz CT molecular complexity index is 421. The van der Waals surface area contributed by atoms with E-state index >= 15 is 0 Å². The smallest absolute Gasteiger partial charge is 0.226 e. The monoisotopic (exact) mass is 263 g/mol. The summed E-state index contributed by atoms with van der Waals surface area (Å²) in [6.45, 7) is 2.27. The van der Waals surface area contributed by atoms with Crippen molar-refractivity contribution in [2.24, 2.45) is 5.92 Å². The molecule has 0 radical (unpaired) electrons. The second-order valence-corrected chi connectivity index (χ2v) is 5.72. The van der Waals surface area contributed by atoms with Crippen LogP contribution in [0.3, 0.4) is 0 Å². The molecule has 1 amide bonds. The lowest BCUT2D eigenvalue weighted by Gasteiger charge is -2.33. The second kappa shape index (κ2) is 6.18. The average molecular weight is 263 g/mol. The standard InChI is InChI=1S/C16H22FNO/c1-12-3-9-15(10-4-12)18(2)16(19)11-13-5-7-14(17)8-6-13/h5-8,12,15H,3-4,9-11H2,1-2H3. The molecule has 1 aliphatic rings. The Morgan fingerprint density at radius 1 is 1.21 bits per heavy atom. The zero-order valence-electron chi connectivity index (χ0n) is 11.7. The quantitative estimate of drug-likeness (QED) is 0.818. The van der Waals surface area contributed by atoms with E-state index in [4.69, 9.17) is 0 Å². The first kappa shape index (κ1) is 14.0. The van der Waals surface area contributed by atoms with Gasteiger partial charge in [-0.05, 0) is 49.3 Å². The van der Waals surface area contributed by atoms with Gasteiger partial charge in [0.05, 0.1) is 6.42 Å². The first-order valence-corrected chi connectivity index (χ1v) is 7.06. The van der Waals surface area contributed by atoms with Gasteiger partial charge in [0.25, 0.3) is 0 Å². The van der Waals surface area contributed by atoms with Crippen LogP contribution in [0.1, 0.15) is 38.2 Å². The van der Waals surface area contributed by atoms with Crippen LogP contribution in [0.25, 0.3) is 0 Å². The maximum absolute atomic E-state index is 12.8. The summed E-state index contributed by atoms with van der Waals surface area (Å²) in [5.74, 6) is 0.661. The largest absolute Gasteiger partial charge is 0.342 e. The third-order valence-electron chi connectivity index (χ3n) is 4.20. The Hall–Kier alpha value is -1.38. The minimum atomic E-state index is -0.258. The van der Waals surface area contributed by atoms with E-state index in [0.717, 1.165) is 24.3 Å². The molecule has 0 unspecified atom stereocenters. The summed E-state index contributed by atoms with van der Waals surface area (Å²) in [4.78, 5) is 14.1. The molecule has 0 atom stereocenters. The maximum atomic E-state index is 12.8. The number of rotatable bonds is 3. The minimum Gasteiger partial charge on any atom is -0.342 e. The van der Waals surface area contributed by atoms with E-state index in [9.17, 15) is 9.18 Å². The topological polar surface area (TPSA) is 20.3 Å². The van der Waals surface area contributed by atoms with Gasteiger partial charge in [0.15, 0.2) is 0 Å². The fraction of sp³-hybridized carbons (Fsp3) is 0.562. The van der Waals surface area contributed by atoms with Crippen molar-refractivity contribution >= 4 is 5.91 Å². The van der Waals surface area contributed by atoms with Gasteiger partial charge in [-0.2, -0.15) is 0 Å². The van der Waals surface area contributed by atoms with Crippen LogP contribution in [0.5, 0.6) is 0 Å². The number of nitrogens with zero attached hydrogens (tertiary/aromatic N) is 1. The number of hydrogen-bond acceptors (Lipinski definition) is 1. The molecule has 0 spiro atoms. The molecule has 0 bridgehead atoms. The molecule has 19 heavy (non-hydrogen) atoms. The van der Waals surface area contributed by atoms with Crippen LogP contribution in [-0.2, 0) is 11.2 Å². The van der Waals surface area contributed by atoms with Crippen molar-refractivity contribution in [2.75, 3.05) is 7.05 Å². The number of hydrogen-bond donors (Lipinski definition) is 0. The van der Waals surface area contributed by atoms with E-state index < -0.39 is 0 Å². The summed E-state index contributed by atoms with van der Waals surface area (Å²) < 4.78 is 12.8. The highest BCUT2D eigenvalue weighted by molar-refractivity contribution is 5.78. The van der Waals surface area contributed by atoms with E-state index in [1.54, 1.807) is 12.1 Å². The molecule has 1 aromatic carbocycles. The van der Waals surface area contributed by atoms with E-state index in [1.807, 2.05) is 11.9 Å². The lowest BCUT2D eigenvalue weighted by Crippen LogP contribution is -2.40. The highest BCUT2D eigenvalue weighted by atomic mass is 19.1. The molecule has 0 N–H and O–H groups in total. The van der Waals surface area contributed by atoms with Gasteiger partial charge in [-0.3, -0.25) is 4.79 Å². The number of benzene rings is 1. The Morgan fingerprint density at radius 3 is 2.37 bits per heavy atom. The SMILES string of the molecule is CC1CCC(N(C)C(=O)Cc2ccc(F)cc2)CC1. The van der Waals surface area contributed by atoms with Crippen molar-refractivity contribution in [2.45, 2.75) is 45.1 Å². The zero-order chi connectivity index (χ0) is 13.8. The predicted octanol–water partition coefficient (Wildman–Crippen LogP) is 3.41. The number of halogens is 1.